The molecule has 5 heteroatoms. The van der Waals surface area contributed by atoms with E-state index in [1.165, 1.54) is 19.8 Å². The number of hydrogen-bond acceptors (Lipinski definition) is 4. The minimum absolute atomic E-state index is 0.0319. The maximum atomic E-state index is 12.4. The number of rotatable bonds is 5. The summed E-state index contributed by atoms with van der Waals surface area (Å²) in [5, 5.41) is 6.25. The third-order valence-corrected chi connectivity index (χ3v) is 4.25. The van der Waals surface area contributed by atoms with Crippen molar-refractivity contribution in [1.29, 1.82) is 0 Å². The van der Waals surface area contributed by atoms with Crippen LogP contribution in [0.2, 0.25) is 0 Å². The lowest BCUT2D eigenvalue weighted by molar-refractivity contribution is 0.101. The van der Waals surface area contributed by atoms with E-state index in [1.54, 1.807) is 36.7 Å². The van der Waals surface area contributed by atoms with Crippen molar-refractivity contribution in [3.8, 4) is 0 Å². The zero-order valence-electron chi connectivity index (χ0n) is 13.7. The molecule has 0 bridgehead atoms. The van der Waals surface area contributed by atoms with Gasteiger partial charge in [0.15, 0.2) is 5.78 Å². The van der Waals surface area contributed by atoms with Gasteiger partial charge in [-0.1, -0.05) is 25.0 Å². The van der Waals surface area contributed by atoms with Crippen LogP contribution in [-0.2, 0) is 0 Å². The molecule has 124 valence electrons. The predicted octanol–water partition coefficient (Wildman–Crippen LogP) is 3.89. The second-order valence-electron chi connectivity index (χ2n) is 6.18. The van der Waals surface area contributed by atoms with E-state index in [9.17, 15) is 9.59 Å². The van der Waals surface area contributed by atoms with Gasteiger partial charge in [0.25, 0.3) is 5.91 Å². The summed E-state index contributed by atoms with van der Waals surface area (Å²) < 4.78 is 0. The summed E-state index contributed by atoms with van der Waals surface area (Å²) >= 11 is 0. The highest BCUT2D eigenvalue weighted by atomic mass is 16.1. The van der Waals surface area contributed by atoms with Gasteiger partial charge in [-0.05, 0) is 38.0 Å². The van der Waals surface area contributed by atoms with Crippen molar-refractivity contribution in [2.75, 3.05) is 10.6 Å². The standard InChI is InChI=1S/C19H21N3O2/c1-13(23)14-5-4-8-17(9-14)22-19(24)15-10-18(12-20-11-15)21-16-6-2-3-7-16/h4-5,8-12,16,21H,2-3,6-7H2,1H3,(H,22,24). The van der Waals surface area contributed by atoms with Crippen LogP contribution >= 0.6 is 0 Å². The normalized spacial score (nSPS) is 14.4. The lowest BCUT2D eigenvalue weighted by Crippen LogP contribution is -2.16. The Labute approximate surface area is 141 Å². The number of pyridine rings is 1. The van der Waals surface area contributed by atoms with Gasteiger partial charge in [-0.2, -0.15) is 0 Å². The Bertz CT molecular complexity index is 752. The number of nitrogens with zero attached hydrogens (tertiary/aromatic N) is 1. The van der Waals surface area contributed by atoms with Gasteiger partial charge in [-0.15, -0.1) is 0 Å². The fraction of sp³-hybridized carbons (Fsp3) is 0.316. The first-order valence-electron chi connectivity index (χ1n) is 8.26. The number of hydrogen-bond donors (Lipinski definition) is 2. The quantitative estimate of drug-likeness (QED) is 0.819. The number of ketones is 1. The van der Waals surface area contributed by atoms with Crippen LogP contribution < -0.4 is 10.6 Å². The average molecular weight is 323 g/mol. The molecule has 1 fully saturated rings. The van der Waals surface area contributed by atoms with Gasteiger partial charge in [0.05, 0.1) is 11.3 Å². The smallest absolute Gasteiger partial charge is 0.257 e. The van der Waals surface area contributed by atoms with E-state index in [-0.39, 0.29) is 11.7 Å². The van der Waals surface area contributed by atoms with E-state index >= 15 is 0 Å². The van der Waals surface area contributed by atoms with Gasteiger partial charge >= 0.3 is 0 Å². The van der Waals surface area contributed by atoms with E-state index in [2.05, 4.69) is 15.6 Å². The molecule has 0 aliphatic heterocycles. The van der Waals surface area contributed by atoms with E-state index < -0.39 is 0 Å². The molecule has 0 spiro atoms. The molecule has 1 aliphatic carbocycles. The molecule has 2 aromatic rings. The Balaban J connectivity index is 1.70. The Kier molecular flexibility index (Phi) is 4.89. The van der Waals surface area contributed by atoms with E-state index in [4.69, 9.17) is 0 Å². The summed E-state index contributed by atoms with van der Waals surface area (Å²) in [6.45, 7) is 1.50. The Morgan fingerprint density at radius 2 is 1.79 bits per heavy atom. The van der Waals surface area contributed by atoms with Gasteiger partial charge in [0.1, 0.15) is 0 Å². The minimum atomic E-state index is -0.238. The molecule has 1 aromatic heterocycles. The van der Waals surface area contributed by atoms with Gasteiger partial charge in [0.2, 0.25) is 0 Å². The number of amides is 1. The summed E-state index contributed by atoms with van der Waals surface area (Å²) in [6, 6.07) is 9.20. The van der Waals surface area contributed by atoms with Crippen molar-refractivity contribution in [2.24, 2.45) is 0 Å². The van der Waals surface area contributed by atoms with Crippen molar-refractivity contribution in [3.63, 3.8) is 0 Å². The summed E-state index contributed by atoms with van der Waals surface area (Å²) in [5.41, 5.74) is 2.53. The molecule has 0 atom stereocenters. The fourth-order valence-corrected chi connectivity index (χ4v) is 2.97. The number of benzene rings is 1. The largest absolute Gasteiger partial charge is 0.381 e. The van der Waals surface area contributed by atoms with Crippen LogP contribution in [0.15, 0.2) is 42.7 Å². The molecule has 5 nitrogen and oxygen atoms in total. The number of nitrogens with one attached hydrogen (secondary N) is 2. The van der Waals surface area contributed by atoms with Crippen molar-refractivity contribution >= 4 is 23.1 Å². The highest BCUT2D eigenvalue weighted by Gasteiger charge is 2.15. The van der Waals surface area contributed by atoms with Gasteiger partial charge in [0, 0.05) is 29.7 Å². The zero-order chi connectivity index (χ0) is 16.9. The van der Waals surface area contributed by atoms with Gasteiger partial charge in [-0.25, -0.2) is 0 Å². The van der Waals surface area contributed by atoms with Crippen LogP contribution in [0.3, 0.4) is 0 Å². The van der Waals surface area contributed by atoms with Gasteiger partial charge < -0.3 is 10.6 Å². The van der Waals surface area contributed by atoms with Crippen molar-refractivity contribution in [2.45, 2.75) is 38.6 Å². The van der Waals surface area contributed by atoms with Crippen LogP contribution in [0.4, 0.5) is 11.4 Å². The predicted molar refractivity (Wildman–Crippen MR) is 94.5 cm³/mol. The molecule has 1 aliphatic rings. The molecule has 3 rings (SSSR count). The minimum Gasteiger partial charge on any atom is -0.381 e. The monoisotopic (exact) mass is 323 g/mol. The first kappa shape index (κ1) is 16.2. The number of aromatic nitrogens is 1. The molecule has 2 N–H and O–H groups in total. The Morgan fingerprint density at radius 1 is 1.04 bits per heavy atom. The van der Waals surface area contributed by atoms with E-state index in [1.807, 2.05) is 6.07 Å². The molecular formula is C19H21N3O2. The second kappa shape index (κ2) is 7.25. The maximum Gasteiger partial charge on any atom is 0.257 e. The van der Waals surface area contributed by atoms with Crippen molar-refractivity contribution in [3.05, 3.63) is 53.9 Å². The number of carbonyl (C=O) groups excluding carboxylic acids is 2. The van der Waals surface area contributed by atoms with Gasteiger partial charge in [-0.3, -0.25) is 14.6 Å². The number of carbonyl (C=O) groups is 2. The summed E-state index contributed by atoms with van der Waals surface area (Å²) in [5.74, 6) is -0.270. The van der Waals surface area contributed by atoms with Crippen LogP contribution in [-0.4, -0.2) is 22.7 Å². The summed E-state index contributed by atoms with van der Waals surface area (Å²) in [4.78, 5) is 28.0. The SMILES string of the molecule is CC(=O)c1cccc(NC(=O)c2cncc(NC3CCCC3)c2)c1. The molecule has 0 radical (unpaired) electrons. The van der Waals surface area contributed by atoms with Crippen molar-refractivity contribution in [1.82, 2.24) is 4.98 Å². The molecule has 1 aromatic carbocycles. The summed E-state index contributed by atoms with van der Waals surface area (Å²) in [7, 11) is 0. The average Bonchev–Trinajstić information content (AvgIpc) is 3.08. The number of anilines is 2. The third kappa shape index (κ3) is 3.98. The lowest BCUT2D eigenvalue weighted by Gasteiger charge is -2.14. The highest BCUT2D eigenvalue weighted by molar-refractivity contribution is 6.05. The van der Waals surface area contributed by atoms with E-state index in [0.29, 0.717) is 22.9 Å². The Morgan fingerprint density at radius 3 is 2.54 bits per heavy atom. The molecule has 1 heterocycles. The third-order valence-electron chi connectivity index (χ3n) is 4.25. The first-order chi connectivity index (χ1) is 11.6. The number of Topliss-reactive ketones (excluding diaryl/α,β-unsaturated/α-hetero) is 1. The molecular weight excluding hydrogens is 302 g/mol. The van der Waals surface area contributed by atoms with Crippen molar-refractivity contribution < 1.29 is 9.59 Å². The molecule has 0 saturated heterocycles. The fourth-order valence-electron chi connectivity index (χ4n) is 2.97. The molecule has 24 heavy (non-hydrogen) atoms. The molecule has 1 saturated carbocycles. The molecule has 0 unspecified atom stereocenters. The summed E-state index contributed by atoms with van der Waals surface area (Å²) in [6.07, 6.45) is 8.10. The van der Waals surface area contributed by atoms with Crippen LogP contribution in [0.25, 0.3) is 0 Å². The second-order valence-corrected chi connectivity index (χ2v) is 6.18. The van der Waals surface area contributed by atoms with Crippen LogP contribution in [0, 0.1) is 0 Å². The molecule has 1 amide bonds. The Hall–Kier alpha value is -2.69. The highest BCUT2D eigenvalue weighted by Crippen LogP contribution is 2.22. The first-order valence-corrected chi connectivity index (χ1v) is 8.26. The zero-order valence-corrected chi connectivity index (χ0v) is 13.7. The van der Waals surface area contributed by atoms with Crippen LogP contribution in [0.1, 0.15) is 53.3 Å². The maximum absolute atomic E-state index is 12.4. The van der Waals surface area contributed by atoms with E-state index in [0.717, 1.165) is 18.5 Å². The topological polar surface area (TPSA) is 71.1 Å². The lowest BCUT2D eigenvalue weighted by atomic mass is 10.1. The van der Waals surface area contributed by atoms with Crippen LogP contribution in [0.5, 0.6) is 0 Å².